The number of carbonyl (C=O) groups is 1. The Morgan fingerprint density at radius 2 is 2.00 bits per heavy atom. The number of rotatable bonds is 5. The Hall–Kier alpha value is -1.68. The molecule has 2 rings (SSSR count). The predicted molar refractivity (Wildman–Crippen MR) is 83.6 cm³/mol. The molecule has 1 aromatic heterocycles. The first-order valence-corrected chi connectivity index (χ1v) is 7.41. The van der Waals surface area contributed by atoms with Gasteiger partial charge < -0.3 is 5.32 Å². The fraction of sp³-hybridized carbons (Fsp3) is 0.250. The smallest absolute Gasteiger partial charge is 0.270 e. The zero-order chi connectivity index (χ0) is 14.4. The van der Waals surface area contributed by atoms with E-state index in [1.165, 1.54) is 5.56 Å². The third kappa shape index (κ3) is 4.46. The molecule has 104 valence electrons. The van der Waals surface area contributed by atoms with E-state index in [2.05, 4.69) is 38.4 Å². The molecule has 3 nitrogen and oxygen atoms in total. The Morgan fingerprint density at radius 3 is 2.65 bits per heavy atom. The lowest BCUT2D eigenvalue weighted by Gasteiger charge is -2.13. The Morgan fingerprint density at radius 1 is 1.25 bits per heavy atom. The van der Waals surface area contributed by atoms with Gasteiger partial charge in [0.15, 0.2) is 0 Å². The maximum atomic E-state index is 11.9. The first kappa shape index (κ1) is 14.7. The second kappa shape index (κ2) is 7.20. The van der Waals surface area contributed by atoms with Crippen LogP contribution in [0.3, 0.4) is 0 Å². The van der Waals surface area contributed by atoms with Gasteiger partial charge in [0.1, 0.15) is 5.69 Å². The van der Waals surface area contributed by atoms with Crippen molar-refractivity contribution in [3.8, 4) is 0 Å². The first-order chi connectivity index (χ1) is 9.65. The summed E-state index contributed by atoms with van der Waals surface area (Å²) < 4.78 is 1.08. The van der Waals surface area contributed by atoms with Crippen molar-refractivity contribution in [3.05, 3.63) is 64.4 Å². The number of benzene rings is 1. The standard InChI is InChI=1S/C16H17BrN2O/c1-12(5-6-13-7-9-14(17)10-8-13)19-16(20)15-4-2-3-11-18-15/h2-4,7-12H,5-6H2,1H3,(H,19,20). The van der Waals surface area contributed by atoms with Crippen molar-refractivity contribution < 1.29 is 4.79 Å². The number of nitrogens with one attached hydrogen (secondary N) is 1. The summed E-state index contributed by atoms with van der Waals surface area (Å²) in [5.41, 5.74) is 1.73. The van der Waals surface area contributed by atoms with E-state index >= 15 is 0 Å². The van der Waals surface area contributed by atoms with Crippen LogP contribution in [0.5, 0.6) is 0 Å². The molecule has 0 spiro atoms. The first-order valence-electron chi connectivity index (χ1n) is 6.61. The van der Waals surface area contributed by atoms with Gasteiger partial charge in [-0.1, -0.05) is 34.1 Å². The average molecular weight is 333 g/mol. The van der Waals surface area contributed by atoms with E-state index in [9.17, 15) is 4.79 Å². The van der Waals surface area contributed by atoms with E-state index in [-0.39, 0.29) is 11.9 Å². The fourth-order valence-corrected chi connectivity index (χ4v) is 2.17. The van der Waals surface area contributed by atoms with Crippen molar-refractivity contribution in [2.75, 3.05) is 0 Å². The molecule has 1 aromatic carbocycles. The number of hydrogen-bond acceptors (Lipinski definition) is 2. The highest BCUT2D eigenvalue weighted by Gasteiger charge is 2.10. The zero-order valence-corrected chi connectivity index (χ0v) is 12.9. The van der Waals surface area contributed by atoms with E-state index in [4.69, 9.17) is 0 Å². The van der Waals surface area contributed by atoms with Crippen LogP contribution in [0.1, 0.15) is 29.4 Å². The molecule has 0 bridgehead atoms. The van der Waals surface area contributed by atoms with Crippen molar-refractivity contribution in [3.63, 3.8) is 0 Å². The van der Waals surface area contributed by atoms with Crippen molar-refractivity contribution in [2.24, 2.45) is 0 Å². The predicted octanol–water partition coefficient (Wildman–Crippen LogP) is 3.60. The minimum absolute atomic E-state index is 0.117. The molecule has 0 saturated heterocycles. The van der Waals surface area contributed by atoms with Crippen LogP contribution < -0.4 is 5.32 Å². The van der Waals surface area contributed by atoms with Crippen LogP contribution in [0.2, 0.25) is 0 Å². The van der Waals surface area contributed by atoms with Gasteiger partial charge in [-0.2, -0.15) is 0 Å². The molecule has 0 saturated carbocycles. The van der Waals surface area contributed by atoms with Crippen LogP contribution >= 0.6 is 15.9 Å². The summed E-state index contributed by atoms with van der Waals surface area (Å²) in [4.78, 5) is 16.0. The summed E-state index contributed by atoms with van der Waals surface area (Å²) in [6.45, 7) is 2.01. The highest BCUT2D eigenvalue weighted by molar-refractivity contribution is 9.10. The summed E-state index contributed by atoms with van der Waals surface area (Å²) in [5, 5.41) is 2.97. The molecule has 1 amide bonds. The van der Waals surface area contributed by atoms with Gasteiger partial charge in [0.2, 0.25) is 0 Å². The zero-order valence-electron chi connectivity index (χ0n) is 11.3. The number of aromatic nitrogens is 1. The Bertz CT molecular complexity index is 554. The van der Waals surface area contributed by atoms with Crippen LogP contribution in [0.25, 0.3) is 0 Å². The maximum Gasteiger partial charge on any atom is 0.270 e. The minimum atomic E-state index is -0.117. The number of pyridine rings is 1. The van der Waals surface area contributed by atoms with Gasteiger partial charge >= 0.3 is 0 Å². The summed E-state index contributed by atoms with van der Waals surface area (Å²) >= 11 is 3.42. The molecular formula is C16H17BrN2O. The van der Waals surface area contributed by atoms with Crippen LogP contribution in [0.15, 0.2) is 53.1 Å². The topological polar surface area (TPSA) is 42.0 Å². The molecule has 1 unspecified atom stereocenters. The van der Waals surface area contributed by atoms with Crippen LogP contribution in [0, 0.1) is 0 Å². The number of carbonyl (C=O) groups excluding carboxylic acids is 1. The van der Waals surface area contributed by atoms with Gasteiger partial charge in [-0.3, -0.25) is 9.78 Å². The third-order valence-electron chi connectivity index (χ3n) is 3.05. The number of amides is 1. The minimum Gasteiger partial charge on any atom is -0.348 e. The molecule has 0 aliphatic heterocycles. The quantitative estimate of drug-likeness (QED) is 0.908. The van der Waals surface area contributed by atoms with E-state index in [1.54, 1.807) is 18.3 Å². The highest BCUT2D eigenvalue weighted by atomic mass is 79.9. The Kier molecular flexibility index (Phi) is 5.30. The van der Waals surface area contributed by atoms with Gasteiger partial charge in [-0.15, -0.1) is 0 Å². The van der Waals surface area contributed by atoms with Gasteiger partial charge in [-0.05, 0) is 49.6 Å². The normalized spacial score (nSPS) is 11.9. The molecule has 1 N–H and O–H groups in total. The highest BCUT2D eigenvalue weighted by Crippen LogP contribution is 2.12. The monoisotopic (exact) mass is 332 g/mol. The molecule has 4 heteroatoms. The van der Waals surface area contributed by atoms with Crippen molar-refractivity contribution in [1.29, 1.82) is 0 Å². The van der Waals surface area contributed by atoms with Gasteiger partial charge in [0, 0.05) is 16.7 Å². The average Bonchev–Trinajstić information content (AvgIpc) is 2.47. The maximum absolute atomic E-state index is 11.9. The SMILES string of the molecule is CC(CCc1ccc(Br)cc1)NC(=O)c1ccccn1. The number of aryl methyl sites for hydroxylation is 1. The Labute approximate surface area is 127 Å². The summed E-state index contributed by atoms with van der Waals surface area (Å²) in [6, 6.07) is 13.7. The van der Waals surface area contributed by atoms with Crippen molar-refractivity contribution in [2.45, 2.75) is 25.8 Å². The van der Waals surface area contributed by atoms with E-state index < -0.39 is 0 Å². The molecule has 1 heterocycles. The number of halogens is 1. The lowest BCUT2D eigenvalue weighted by molar-refractivity contribution is 0.0933. The second-order valence-corrected chi connectivity index (χ2v) is 5.67. The summed E-state index contributed by atoms with van der Waals surface area (Å²) in [6.07, 6.45) is 3.47. The molecule has 0 fully saturated rings. The van der Waals surface area contributed by atoms with E-state index in [1.807, 2.05) is 25.1 Å². The lowest BCUT2D eigenvalue weighted by Crippen LogP contribution is -2.33. The van der Waals surface area contributed by atoms with Crippen LogP contribution in [-0.2, 0) is 6.42 Å². The van der Waals surface area contributed by atoms with Gasteiger partial charge in [0.25, 0.3) is 5.91 Å². The molecule has 2 aromatic rings. The number of nitrogens with zero attached hydrogens (tertiary/aromatic N) is 1. The van der Waals surface area contributed by atoms with Gasteiger partial charge in [-0.25, -0.2) is 0 Å². The largest absolute Gasteiger partial charge is 0.348 e. The molecule has 0 aliphatic rings. The van der Waals surface area contributed by atoms with E-state index in [0.29, 0.717) is 5.69 Å². The molecule has 0 aliphatic carbocycles. The van der Waals surface area contributed by atoms with Crippen molar-refractivity contribution >= 4 is 21.8 Å². The van der Waals surface area contributed by atoms with Gasteiger partial charge in [0.05, 0.1) is 0 Å². The third-order valence-corrected chi connectivity index (χ3v) is 3.58. The lowest BCUT2D eigenvalue weighted by atomic mass is 10.1. The molecular weight excluding hydrogens is 316 g/mol. The number of hydrogen-bond donors (Lipinski definition) is 1. The van der Waals surface area contributed by atoms with Crippen LogP contribution in [0.4, 0.5) is 0 Å². The molecule has 1 atom stereocenters. The second-order valence-electron chi connectivity index (χ2n) is 4.75. The summed E-state index contributed by atoms with van der Waals surface area (Å²) in [5.74, 6) is -0.117. The van der Waals surface area contributed by atoms with E-state index in [0.717, 1.165) is 17.3 Å². The Balaban J connectivity index is 1.82. The van der Waals surface area contributed by atoms with Crippen molar-refractivity contribution in [1.82, 2.24) is 10.3 Å². The molecule has 20 heavy (non-hydrogen) atoms. The van der Waals surface area contributed by atoms with Crippen LogP contribution in [-0.4, -0.2) is 16.9 Å². The fourth-order valence-electron chi connectivity index (χ4n) is 1.90. The summed E-state index contributed by atoms with van der Waals surface area (Å²) in [7, 11) is 0. The molecule has 0 radical (unpaired) electrons.